The molecule has 0 amide bonds. The van der Waals surface area contributed by atoms with E-state index in [4.69, 9.17) is 0 Å². The summed E-state index contributed by atoms with van der Waals surface area (Å²) in [4.78, 5) is 2.14. The quantitative estimate of drug-likeness (QED) is 0.0832. The molecule has 0 aliphatic heterocycles. The Bertz CT molecular complexity index is 1790. The first-order valence-electron chi connectivity index (χ1n) is 16.1. The maximum atomic E-state index is 10.0. The van der Waals surface area contributed by atoms with Crippen LogP contribution in [0.4, 0.5) is 17.1 Å². The van der Waals surface area contributed by atoms with E-state index in [1.165, 1.54) is 0 Å². The van der Waals surface area contributed by atoms with Gasteiger partial charge in [-0.05, 0) is 103 Å². The molecule has 0 atom stereocenters. The molecule has 0 bridgehead atoms. The van der Waals surface area contributed by atoms with Crippen LogP contribution in [0.25, 0.3) is 33.4 Å². The van der Waals surface area contributed by atoms with Gasteiger partial charge in [0.1, 0.15) is 0 Å². The molecule has 0 saturated heterocycles. The van der Waals surface area contributed by atoms with Gasteiger partial charge in [-0.15, -0.1) is 0 Å². The van der Waals surface area contributed by atoms with E-state index in [0.717, 1.165) is 83.8 Å². The van der Waals surface area contributed by atoms with Gasteiger partial charge < -0.3 is 35.5 Å². The number of anilines is 3. The van der Waals surface area contributed by atoms with Crippen molar-refractivity contribution in [3.05, 3.63) is 161 Å². The maximum absolute atomic E-state index is 10.0. The van der Waals surface area contributed by atoms with E-state index in [2.05, 4.69) is 4.90 Å². The van der Waals surface area contributed by atoms with Crippen molar-refractivity contribution >= 4 is 17.1 Å². The molecule has 6 aromatic carbocycles. The fraction of sp³-hybridized carbons (Fsp3) is 0.143. The third-order valence-corrected chi connectivity index (χ3v) is 8.88. The van der Waals surface area contributed by atoms with E-state index >= 15 is 0 Å². The van der Waals surface area contributed by atoms with Crippen molar-refractivity contribution in [2.24, 2.45) is 0 Å². The lowest BCUT2D eigenvalue weighted by Crippen LogP contribution is -2.10. The van der Waals surface area contributed by atoms with Crippen molar-refractivity contribution in [2.75, 3.05) is 4.90 Å². The Hall–Kier alpha value is -5.12. The van der Waals surface area contributed by atoms with E-state index in [1.54, 1.807) is 0 Å². The van der Waals surface area contributed by atoms with E-state index in [9.17, 15) is 30.6 Å². The monoisotopic (exact) mass is 653 g/mol. The summed E-state index contributed by atoms with van der Waals surface area (Å²) in [6, 6.07) is 41.1. The molecule has 0 heterocycles. The van der Waals surface area contributed by atoms with Crippen LogP contribution in [-0.2, 0) is 39.6 Å². The summed E-state index contributed by atoms with van der Waals surface area (Å²) >= 11 is 0. The van der Waals surface area contributed by atoms with Crippen LogP contribution in [0.3, 0.4) is 0 Å². The Morgan fingerprint density at radius 3 is 0.796 bits per heavy atom. The molecule has 49 heavy (non-hydrogen) atoms. The molecular weight excluding hydrogens is 614 g/mol. The summed E-state index contributed by atoms with van der Waals surface area (Å²) in [5.41, 5.74) is 12.7. The van der Waals surface area contributed by atoms with Crippen LogP contribution in [0.1, 0.15) is 33.4 Å². The summed E-state index contributed by atoms with van der Waals surface area (Å²) in [6.07, 6.45) is 0. The summed E-state index contributed by atoms with van der Waals surface area (Å²) < 4.78 is 0. The van der Waals surface area contributed by atoms with Gasteiger partial charge in [0.2, 0.25) is 0 Å². The lowest BCUT2D eigenvalue weighted by atomic mass is 9.96. The van der Waals surface area contributed by atoms with Gasteiger partial charge in [-0.25, -0.2) is 0 Å². The minimum Gasteiger partial charge on any atom is -0.392 e. The van der Waals surface area contributed by atoms with Crippen molar-refractivity contribution < 1.29 is 30.6 Å². The van der Waals surface area contributed by atoms with E-state index in [-0.39, 0.29) is 39.6 Å². The van der Waals surface area contributed by atoms with Crippen LogP contribution in [0.15, 0.2) is 127 Å². The van der Waals surface area contributed by atoms with Crippen LogP contribution in [0, 0.1) is 0 Å². The number of aliphatic hydroxyl groups excluding tert-OH is 6. The second-order valence-corrected chi connectivity index (χ2v) is 11.9. The van der Waals surface area contributed by atoms with E-state index in [1.807, 2.05) is 127 Å². The minimum absolute atomic E-state index is 0.0939. The van der Waals surface area contributed by atoms with Crippen molar-refractivity contribution in [3.8, 4) is 33.4 Å². The lowest BCUT2D eigenvalue weighted by molar-refractivity contribution is 0.275. The Kier molecular flexibility index (Phi) is 10.6. The molecule has 0 aromatic heterocycles. The zero-order valence-corrected chi connectivity index (χ0v) is 27.0. The predicted octanol–water partition coefficient (Wildman–Crippen LogP) is 7.11. The highest BCUT2D eigenvalue weighted by molar-refractivity contribution is 5.82. The number of aliphatic hydroxyl groups is 6. The smallest absolute Gasteiger partial charge is 0.0687 e. The molecule has 0 radical (unpaired) electrons. The summed E-state index contributed by atoms with van der Waals surface area (Å²) in [6.45, 7) is -0.707. The summed E-state index contributed by atoms with van der Waals surface area (Å²) in [5.74, 6) is 0. The highest BCUT2D eigenvalue weighted by atomic mass is 16.3. The molecule has 7 nitrogen and oxygen atoms in total. The topological polar surface area (TPSA) is 125 Å². The second kappa shape index (κ2) is 15.4. The normalized spacial score (nSPS) is 11.1. The third-order valence-electron chi connectivity index (χ3n) is 8.88. The van der Waals surface area contributed by atoms with Gasteiger partial charge in [0.15, 0.2) is 0 Å². The highest BCUT2D eigenvalue weighted by Crippen LogP contribution is 2.39. The van der Waals surface area contributed by atoms with E-state index < -0.39 is 0 Å². The molecule has 0 unspecified atom stereocenters. The van der Waals surface area contributed by atoms with Crippen molar-refractivity contribution in [3.63, 3.8) is 0 Å². The Balaban J connectivity index is 1.40. The first-order valence-corrected chi connectivity index (χ1v) is 16.1. The standard InChI is InChI=1S/C42H39NO6/c44-22-28-1-16-40(34(19-28)25-47)31-4-10-37(11-5-31)43(38-12-6-32(7-13-38)41-17-2-29(23-45)20-35(41)26-48)39-14-8-33(9-15-39)42-18-3-30(24-46)21-36(42)27-49/h1-21,44-49H,22-27H2. The Labute approximate surface area is 285 Å². The van der Waals surface area contributed by atoms with Crippen LogP contribution in [-0.4, -0.2) is 30.6 Å². The van der Waals surface area contributed by atoms with Gasteiger partial charge in [0.05, 0.1) is 39.6 Å². The number of hydrogen-bond donors (Lipinski definition) is 6. The van der Waals surface area contributed by atoms with Crippen LogP contribution < -0.4 is 4.90 Å². The van der Waals surface area contributed by atoms with Crippen molar-refractivity contribution in [2.45, 2.75) is 39.6 Å². The van der Waals surface area contributed by atoms with Crippen LogP contribution >= 0.6 is 0 Å². The number of benzene rings is 6. The van der Waals surface area contributed by atoms with Crippen LogP contribution in [0.2, 0.25) is 0 Å². The Morgan fingerprint density at radius 1 is 0.306 bits per heavy atom. The first-order chi connectivity index (χ1) is 24.0. The van der Waals surface area contributed by atoms with Gasteiger partial charge in [0.25, 0.3) is 0 Å². The van der Waals surface area contributed by atoms with Crippen LogP contribution in [0.5, 0.6) is 0 Å². The fourth-order valence-corrected chi connectivity index (χ4v) is 6.29. The molecular formula is C42H39NO6. The van der Waals surface area contributed by atoms with Crippen molar-refractivity contribution in [1.29, 1.82) is 0 Å². The SMILES string of the molecule is OCc1ccc(-c2ccc(N(c3ccc(-c4ccc(CO)cc4CO)cc3)c3ccc(-c4ccc(CO)cc4CO)cc3)cc2)c(CO)c1. The molecule has 7 heteroatoms. The fourth-order valence-electron chi connectivity index (χ4n) is 6.29. The zero-order chi connectivity index (χ0) is 34.3. The molecule has 0 spiro atoms. The molecule has 0 fully saturated rings. The van der Waals surface area contributed by atoms with Gasteiger partial charge in [-0.3, -0.25) is 0 Å². The molecule has 6 rings (SSSR count). The van der Waals surface area contributed by atoms with Gasteiger partial charge in [0, 0.05) is 17.1 Å². The summed E-state index contributed by atoms with van der Waals surface area (Å²) in [5, 5.41) is 58.8. The predicted molar refractivity (Wildman–Crippen MR) is 193 cm³/mol. The van der Waals surface area contributed by atoms with E-state index in [0.29, 0.717) is 0 Å². The number of nitrogens with zero attached hydrogens (tertiary/aromatic N) is 1. The molecule has 0 aliphatic rings. The largest absolute Gasteiger partial charge is 0.392 e. The average Bonchev–Trinajstić information content (AvgIpc) is 3.18. The molecule has 248 valence electrons. The number of hydrogen-bond acceptors (Lipinski definition) is 7. The highest BCUT2D eigenvalue weighted by Gasteiger charge is 2.16. The Morgan fingerprint density at radius 2 is 0.571 bits per heavy atom. The van der Waals surface area contributed by atoms with Gasteiger partial charge >= 0.3 is 0 Å². The second-order valence-electron chi connectivity index (χ2n) is 11.9. The minimum atomic E-state index is -0.142. The summed E-state index contributed by atoms with van der Waals surface area (Å²) in [7, 11) is 0. The average molecular weight is 654 g/mol. The molecule has 0 saturated carbocycles. The maximum Gasteiger partial charge on any atom is 0.0687 e. The lowest BCUT2D eigenvalue weighted by Gasteiger charge is -2.26. The van der Waals surface area contributed by atoms with Gasteiger partial charge in [-0.2, -0.15) is 0 Å². The van der Waals surface area contributed by atoms with Crippen molar-refractivity contribution in [1.82, 2.24) is 0 Å². The molecule has 0 aliphatic carbocycles. The zero-order valence-electron chi connectivity index (χ0n) is 27.0. The third kappa shape index (κ3) is 7.18. The molecule has 6 aromatic rings. The van der Waals surface area contributed by atoms with Gasteiger partial charge in [-0.1, -0.05) is 91.0 Å². The first kappa shape index (κ1) is 33.8. The molecule has 6 N–H and O–H groups in total. The number of rotatable bonds is 12.